The number of anilines is 1. The fourth-order valence-corrected chi connectivity index (χ4v) is 2.51. The second kappa shape index (κ2) is 7.60. The lowest BCUT2D eigenvalue weighted by atomic mass is 10.1. The number of rotatable bonds is 5. The average molecular weight is 349 g/mol. The van der Waals surface area contributed by atoms with Crippen molar-refractivity contribution in [3.05, 3.63) is 54.6 Å². The number of hydrogen-bond acceptors (Lipinski definition) is 4. The summed E-state index contributed by atoms with van der Waals surface area (Å²) >= 11 is 0. The Balaban J connectivity index is 1.85. The van der Waals surface area contributed by atoms with Gasteiger partial charge in [-0.25, -0.2) is 4.98 Å². The van der Waals surface area contributed by atoms with Crippen LogP contribution >= 0.6 is 0 Å². The molecule has 0 aliphatic heterocycles. The number of benzene rings is 2. The second-order valence-corrected chi connectivity index (χ2v) is 5.83. The Hall–Kier alpha value is -3.48. The van der Waals surface area contributed by atoms with E-state index < -0.39 is 6.04 Å². The van der Waals surface area contributed by atoms with Crippen molar-refractivity contribution in [2.24, 2.45) is 0 Å². The molecule has 0 aliphatic rings. The summed E-state index contributed by atoms with van der Waals surface area (Å²) in [6, 6.07) is 16.3. The van der Waals surface area contributed by atoms with Crippen molar-refractivity contribution in [1.29, 1.82) is 0 Å². The van der Waals surface area contributed by atoms with E-state index in [1.807, 2.05) is 48.5 Å². The summed E-state index contributed by atoms with van der Waals surface area (Å²) in [7, 11) is 0. The minimum absolute atomic E-state index is 0.260. The molecular formula is C19H19N5O2. The Bertz CT molecular complexity index is 920. The van der Waals surface area contributed by atoms with E-state index in [0.29, 0.717) is 22.9 Å². The molecule has 3 rings (SSSR count). The monoisotopic (exact) mass is 349 g/mol. The maximum atomic E-state index is 12.3. The van der Waals surface area contributed by atoms with Crippen LogP contribution in [0.2, 0.25) is 0 Å². The standard InChI is InChI=1S/C19H19N5O2/c1-12(20-13(2)25)19(26)21-16-11-7-6-10-15(16)18-22-17(23-24-18)14-8-4-3-5-9-14/h3-12H,1-2H3,(H,20,25)(H,21,26)(H,22,23,24)/t12-/m0/s1. The van der Waals surface area contributed by atoms with Gasteiger partial charge in [-0.15, -0.1) is 0 Å². The Labute approximate surface area is 150 Å². The first-order valence-corrected chi connectivity index (χ1v) is 8.20. The lowest BCUT2D eigenvalue weighted by molar-refractivity contribution is -0.124. The van der Waals surface area contributed by atoms with Crippen LogP contribution in [0.3, 0.4) is 0 Å². The van der Waals surface area contributed by atoms with E-state index in [-0.39, 0.29) is 11.8 Å². The van der Waals surface area contributed by atoms with Gasteiger partial charge in [-0.1, -0.05) is 42.5 Å². The number of para-hydroxylation sites is 1. The lowest BCUT2D eigenvalue weighted by Crippen LogP contribution is -2.40. The van der Waals surface area contributed by atoms with Crippen molar-refractivity contribution >= 4 is 17.5 Å². The number of amides is 2. The SMILES string of the molecule is CC(=O)N[C@@H](C)C(=O)Nc1ccccc1-c1nc(-c2ccccc2)n[nH]1. The lowest BCUT2D eigenvalue weighted by Gasteiger charge is -2.14. The van der Waals surface area contributed by atoms with Gasteiger partial charge in [0, 0.05) is 18.1 Å². The van der Waals surface area contributed by atoms with Gasteiger partial charge in [0.05, 0.1) is 5.69 Å². The number of carbonyl (C=O) groups is 2. The third-order valence-electron chi connectivity index (χ3n) is 3.77. The quantitative estimate of drug-likeness (QED) is 0.659. The summed E-state index contributed by atoms with van der Waals surface area (Å²) in [6.45, 7) is 3.00. The van der Waals surface area contributed by atoms with Crippen LogP contribution < -0.4 is 10.6 Å². The predicted octanol–water partition coefficient (Wildman–Crippen LogP) is 2.60. The highest BCUT2D eigenvalue weighted by atomic mass is 16.2. The largest absolute Gasteiger partial charge is 0.345 e. The van der Waals surface area contributed by atoms with E-state index in [1.165, 1.54) is 6.92 Å². The average Bonchev–Trinajstić information content (AvgIpc) is 3.12. The minimum atomic E-state index is -0.643. The van der Waals surface area contributed by atoms with Crippen molar-refractivity contribution in [2.45, 2.75) is 19.9 Å². The highest BCUT2D eigenvalue weighted by molar-refractivity contribution is 5.99. The van der Waals surface area contributed by atoms with E-state index in [4.69, 9.17) is 0 Å². The van der Waals surface area contributed by atoms with Crippen LogP contribution in [0.15, 0.2) is 54.6 Å². The summed E-state index contributed by atoms with van der Waals surface area (Å²) in [6.07, 6.45) is 0. The minimum Gasteiger partial charge on any atom is -0.345 e. The van der Waals surface area contributed by atoms with Crippen LogP contribution in [0.25, 0.3) is 22.8 Å². The Morgan fingerprint density at radius 1 is 1.04 bits per heavy atom. The molecule has 1 heterocycles. The molecule has 0 unspecified atom stereocenters. The van der Waals surface area contributed by atoms with Gasteiger partial charge in [-0.2, -0.15) is 5.10 Å². The first kappa shape index (κ1) is 17.3. The summed E-state index contributed by atoms with van der Waals surface area (Å²) in [4.78, 5) is 27.9. The van der Waals surface area contributed by atoms with E-state index in [1.54, 1.807) is 13.0 Å². The van der Waals surface area contributed by atoms with Crippen molar-refractivity contribution < 1.29 is 9.59 Å². The molecule has 0 radical (unpaired) electrons. The van der Waals surface area contributed by atoms with Gasteiger partial charge >= 0.3 is 0 Å². The first-order valence-electron chi connectivity index (χ1n) is 8.20. The van der Waals surface area contributed by atoms with Crippen molar-refractivity contribution in [3.8, 4) is 22.8 Å². The van der Waals surface area contributed by atoms with Crippen LogP contribution in [0.4, 0.5) is 5.69 Å². The number of carbonyl (C=O) groups excluding carboxylic acids is 2. The smallest absolute Gasteiger partial charge is 0.246 e. The van der Waals surface area contributed by atoms with Crippen LogP contribution in [-0.2, 0) is 9.59 Å². The molecule has 0 saturated heterocycles. The summed E-state index contributed by atoms with van der Waals surface area (Å²) in [5, 5.41) is 12.5. The summed E-state index contributed by atoms with van der Waals surface area (Å²) in [5.74, 6) is 0.555. The van der Waals surface area contributed by atoms with Gasteiger partial charge in [-0.05, 0) is 19.1 Å². The molecule has 0 bridgehead atoms. The number of aromatic nitrogens is 3. The Kier molecular flexibility index (Phi) is 5.07. The van der Waals surface area contributed by atoms with E-state index in [2.05, 4.69) is 25.8 Å². The van der Waals surface area contributed by atoms with Crippen LogP contribution in [0.1, 0.15) is 13.8 Å². The Morgan fingerprint density at radius 2 is 1.73 bits per heavy atom. The molecule has 3 N–H and O–H groups in total. The summed E-state index contributed by atoms with van der Waals surface area (Å²) in [5.41, 5.74) is 2.20. The molecular weight excluding hydrogens is 330 g/mol. The van der Waals surface area contributed by atoms with Gasteiger partial charge in [-0.3, -0.25) is 14.7 Å². The maximum Gasteiger partial charge on any atom is 0.246 e. The molecule has 0 aliphatic carbocycles. The number of hydrogen-bond donors (Lipinski definition) is 3. The van der Waals surface area contributed by atoms with E-state index in [0.717, 1.165) is 5.56 Å². The van der Waals surface area contributed by atoms with Crippen LogP contribution in [0.5, 0.6) is 0 Å². The molecule has 3 aromatic rings. The van der Waals surface area contributed by atoms with Gasteiger partial charge in [0.15, 0.2) is 11.6 Å². The topological polar surface area (TPSA) is 99.8 Å². The van der Waals surface area contributed by atoms with Crippen LogP contribution in [0, 0.1) is 0 Å². The van der Waals surface area contributed by atoms with Crippen molar-refractivity contribution in [2.75, 3.05) is 5.32 Å². The Morgan fingerprint density at radius 3 is 2.46 bits per heavy atom. The molecule has 0 spiro atoms. The maximum absolute atomic E-state index is 12.3. The molecule has 1 atom stereocenters. The molecule has 0 fully saturated rings. The van der Waals surface area contributed by atoms with Crippen molar-refractivity contribution in [1.82, 2.24) is 20.5 Å². The van der Waals surface area contributed by atoms with Crippen LogP contribution in [-0.4, -0.2) is 33.0 Å². The highest BCUT2D eigenvalue weighted by Gasteiger charge is 2.17. The van der Waals surface area contributed by atoms with Gasteiger partial charge in [0.25, 0.3) is 0 Å². The fourth-order valence-electron chi connectivity index (χ4n) is 2.51. The molecule has 2 amide bonds. The van der Waals surface area contributed by atoms with Gasteiger partial charge in [0.2, 0.25) is 11.8 Å². The summed E-state index contributed by atoms with van der Waals surface area (Å²) < 4.78 is 0. The third-order valence-corrected chi connectivity index (χ3v) is 3.77. The molecule has 2 aromatic carbocycles. The van der Waals surface area contributed by atoms with E-state index in [9.17, 15) is 9.59 Å². The predicted molar refractivity (Wildman–Crippen MR) is 99.2 cm³/mol. The van der Waals surface area contributed by atoms with Gasteiger partial charge < -0.3 is 10.6 Å². The molecule has 1 aromatic heterocycles. The molecule has 7 nitrogen and oxygen atoms in total. The zero-order valence-corrected chi connectivity index (χ0v) is 14.5. The molecule has 7 heteroatoms. The number of aromatic amines is 1. The highest BCUT2D eigenvalue weighted by Crippen LogP contribution is 2.26. The zero-order chi connectivity index (χ0) is 18.5. The molecule has 26 heavy (non-hydrogen) atoms. The first-order chi connectivity index (χ1) is 12.5. The fraction of sp³-hybridized carbons (Fsp3) is 0.158. The number of nitrogens with zero attached hydrogens (tertiary/aromatic N) is 2. The second-order valence-electron chi connectivity index (χ2n) is 5.83. The van der Waals surface area contributed by atoms with Gasteiger partial charge in [0.1, 0.15) is 6.04 Å². The number of H-pyrrole nitrogens is 1. The zero-order valence-electron chi connectivity index (χ0n) is 14.5. The normalized spacial score (nSPS) is 11.6. The third kappa shape index (κ3) is 3.94. The van der Waals surface area contributed by atoms with Crippen molar-refractivity contribution in [3.63, 3.8) is 0 Å². The molecule has 0 saturated carbocycles. The molecule has 132 valence electrons. The van der Waals surface area contributed by atoms with E-state index >= 15 is 0 Å². The number of nitrogens with one attached hydrogen (secondary N) is 3.